The quantitative estimate of drug-likeness (QED) is 0.753. The molecule has 1 saturated carbocycles. The van der Waals surface area contributed by atoms with Crippen molar-refractivity contribution in [2.75, 3.05) is 0 Å². The third-order valence-electron chi connectivity index (χ3n) is 3.96. The molecule has 2 heteroatoms. The maximum absolute atomic E-state index is 10.6. The lowest BCUT2D eigenvalue weighted by Gasteiger charge is -2.23. The van der Waals surface area contributed by atoms with Crippen LogP contribution in [0, 0.1) is 0 Å². The van der Waals surface area contributed by atoms with Crippen LogP contribution >= 0.6 is 0 Å². The summed E-state index contributed by atoms with van der Waals surface area (Å²) in [7, 11) is 1.09. The van der Waals surface area contributed by atoms with Gasteiger partial charge in [0.25, 0.3) is 0 Å². The molecule has 2 aromatic rings. The zero-order valence-electron chi connectivity index (χ0n) is 10.2. The standard InChI is InChI=1S/C15H18OSi/c16-15(7-1-2-8-15)13-5-3-12-10-14(17)6-4-11(12)9-13/h3-6,9-10,16H,1-2,7-8H2,17H3. The van der Waals surface area contributed by atoms with Gasteiger partial charge in [-0.25, -0.2) is 0 Å². The second-order valence-electron chi connectivity index (χ2n) is 5.30. The molecular weight excluding hydrogens is 224 g/mol. The molecule has 0 heterocycles. The maximum Gasteiger partial charge on any atom is 0.0896 e. The molecule has 0 saturated heterocycles. The van der Waals surface area contributed by atoms with E-state index in [0.717, 1.165) is 41.5 Å². The molecule has 0 aromatic heterocycles. The van der Waals surface area contributed by atoms with Crippen molar-refractivity contribution in [1.29, 1.82) is 0 Å². The summed E-state index contributed by atoms with van der Waals surface area (Å²) in [6.45, 7) is 0. The Hall–Kier alpha value is -1.12. The lowest BCUT2D eigenvalue weighted by atomic mass is 9.90. The summed E-state index contributed by atoms with van der Waals surface area (Å²) in [6.07, 6.45) is 4.12. The van der Waals surface area contributed by atoms with E-state index in [0.29, 0.717) is 0 Å². The van der Waals surface area contributed by atoms with Gasteiger partial charge in [-0.2, -0.15) is 0 Å². The first kappa shape index (κ1) is 11.0. The number of hydrogen-bond acceptors (Lipinski definition) is 1. The van der Waals surface area contributed by atoms with Crippen molar-refractivity contribution in [2.45, 2.75) is 31.3 Å². The monoisotopic (exact) mass is 242 g/mol. The smallest absolute Gasteiger partial charge is 0.0896 e. The van der Waals surface area contributed by atoms with Crippen LogP contribution in [0.4, 0.5) is 0 Å². The molecule has 1 nitrogen and oxygen atoms in total. The van der Waals surface area contributed by atoms with Crippen LogP contribution in [0.15, 0.2) is 36.4 Å². The van der Waals surface area contributed by atoms with Crippen molar-refractivity contribution < 1.29 is 5.11 Å². The third kappa shape index (κ3) is 1.92. The van der Waals surface area contributed by atoms with Gasteiger partial charge in [-0.05, 0) is 35.2 Å². The number of rotatable bonds is 1. The summed E-state index contributed by atoms with van der Waals surface area (Å²) in [5, 5.41) is 14.6. The Kier molecular flexibility index (Phi) is 2.57. The van der Waals surface area contributed by atoms with Crippen LogP contribution in [-0.2, 0) is 5.60 Å². The Bertz CT molecular complexity index is 556. The predicted octanol–water partition coefficient (Wildman–Crippen LogP) is 1.59. The van der Waals surface area contributed by atoms with Gasteiger partial charge >= 0.3 is 0 Å². The molecule has 0 unspecified atom stereocenters. The number of fused-ring (bicyclic) bond motifs is 1. The van der Waals surface area contributed by atoms with Crippen molar-refractivity contribution in [2.24, 2.45) is 0 Å². The van der Waals surface area contributed by atoms with Gasteiger partial charge in [0.05, 0.1) is 5.60 Å². The highest BCUT2D eigenvalue weighted by molar-refractivity contribution is 6.33. The van der Waals surface area contributed by atoms with E-state index >= 15 is 0 Å². The van der Waals surface area contributed by atoms with E-state index in [2.05, 4.69) is 36.4 Å². The summed E-state index contributed by atoms with van der Waals surface area (Å²) >= 11 is 0. The molecule has 1 aliphatic rings. The summed E-state index contributed by atoms with van der Waals surface area (Å²) in [5.41, 5.74) is 0.539. The van der Waals surface area contributed by atoms with Crippen molar-refractivity contribution in [1.82, 2.24) is 0 Å². The first-order valence-electron chi connectivity index (χ1n) is 6.41. The number of aliphatic hydroxyl groups is 1. The Labute approximate surface area is 105 Å². The molecule has 0 spiro atoms. The van der Waals surface area contributed by atoms with E-state index in [4.69, 9.17) is 0 Å². The number of hydrogen-bond donors (Lipinski definition) is 1. The molecule has 0 bridgehead atoms. The highest BCUT2D eigenvalue weighted by Gasteiger charge is 2.32. The third-order valence-corrected chi connectivity index (χ3v) is 4.59. The van der Waals surface area contributed by atoms with Gasteiger partial charge in [0.2, 0.25) is 0 Å². The second-order valence-corrected chi connectivity index (χ2v) is 6.46. The largest absolute Gasteiger partial charge is 0.385 e. The number of benzene rings is 2. The van der Waals surface area contributed by atoms with Gasteiger partial charge < -0.3 is 5.11 Å². The molecule has 0 atom stereocenters. The summed E-state index contributed by atoms with van der Waals surface area (Å²) < 4.78 is 0. The molecular formula is C15H18OSi. The van der Waals surface area contributed by atoms with E-state index < -0.39 is 5.60 Å². The Morgan fingerprint density at radius 3 is 2.35 bits per heavy atom. The van der Waals surface area contributed by atoms with E-state index in [1.165, 1.54) is 16.0 Å². The van der Waals surface area contributed by atoms with Crippen molar-refractivity contribution in [3.63, 3.8) is 0 Å². The van der Waals surface area contributed by atoms with Crippen LogP contribution < -0.4 is 5.19 Å². The SMILES string of the molecule is OC1(c2ccc3cc([SiH3])ccc3c2)CCCC1. The zero-order chi connectivity index (χ0) is 11.9. The molecule has 0 aliphatic heterocycles. The first-order chi connectivity index (χ1) is 8.17. The van der Waals surface area contributed by atoms with Gasteiger partial charge in [-0.3, -0.25) is 0 Å². The van der Waals surface area contributed by atoms with E-state index in [1.54, 1.807) is 0 Å². The first-order valence-corrected chi connectivity index (χ1v) is 7.41. The minimum absolute atomic E-state index is 0.562. The lowest BCUT2D eigenvalue weighted by molar-refractivity contribution is 0.0446. The van der Waals surface area contributed by atoms with Crippen LogP contribution in [0.3, 0.4) is 0 Å². The van der Waals surface area contributed by atoms with Gasteiger partial charge in [0.1, 0.15) is 0 Å². The van der Waals surface area contributed by atoms with Crippen LogP contribution in [-0.4, -0.2) is 15.3 Å². The lowest BCUT2D eigenvalue weighted by Crippen LogP contribution is -2.20. The zero-order valence-corrected chi connectivity index (χ0v) is 12.2. The molecule has 0 radical (unpaired) electrons. The normalized spacial score (nSPS) is 18.9. The Balaban J connectivity index is 2.10. The Morgan fingerprint density at radius 1 is 0.941 bits per heavy atom. The van der Waals surface area contributed by atoms with E-state index in [9.17, 15) is 5.11 Å². The average molecular weight is 242 g/mol. The fraction of sp³-hybridized carbons (Fsp3) is 0.333. The summed E-state index contributed by atoms with van der Waals surface area (Å²) in [4.78, 5) is 0. The highest BCUT2D eigenvalue weighted by Crippen LogP contribution is 2.39. The minimum Gasteiger partial charge on any atom is -0.385 e. The van der Waals surface area contributed by atoms with Crippen LogP contribution in [0.25, 0.3) is 10.8 Å². The van der Waals surface area contributed by atoms with Crippen LogP contribution in [0.1, 0.15) is 31.2 Å². The van der Waals surface area contributed by atoms with E-state index in [1.807, 2.05) is 0 Å². The van der Waals surface area contributed by atoms with Gasteiger partial charge in [-0.1, -0.05) is 48.4 Å². The molecule has 3 rings (SSSR count). The molecule has 2 aromatic carbocycles. The molecule has 1 fully saturated rings. The average Bonchev–Trinajstić information content (AvgIpc) is 2.77. The molecule has 1 aliphatic carbocycles. The summed E-state index contributed by atoms with van der Waals surface area (Å²) in [5.74, 6) is 0. The van der Waals surface area contributed by atoms with Crippen LogP contribution in [0.5, 0.6) is 0 Å². The van der Waals surface area contributed by atoms with Crippen molar-refractivity contribution in [3.05, 3.63) is 42.0 Å². The van der Waals surface area contributed by atoms with Crippen molar-refractivity contribution in [3.8, 4) is 0 Å². The molecule has 1 N–H and O–H groups in total. The fourth-order valence-electron chi connectivity index (χ4n) is 2.90. The Morgan fingerprint density at radius 2 is 1.59 bits per heavy atom. The van der Waals surface area contributed by atoms with Gasteiger partial charge in [0, 0.05) is 10.2 Å². The minimum atomic E-state index is -0.562. The van der Waals surface area contributed by atoms with E-state index in [-0.39, 0.29) is 0 Å². The van der Waals surface area contributed by atoms with Gasteiger partial charge in [-0.15, -0.1) is 0 Å². The highest BCUT2D eigenvalue weighted by atomic mass is 28.1. The fourth-order valence-corrected chi connectivity index (χ4v) is 3.38. The second kappa shape index (κ2) is 3.97. The van der Waals surface area contributed by atoms with Crippen LogP contribution in [0.2, 0.25) is 0 Å². The maximum atomic E-state index is 10.6. The topological polar surface area (TPSA) is 20.2 Å². The summed E-state index contributed by atoms with van der Waals surface area (Å²) in [6, 6.07) is 13.1. The van der Waals surface area contributed by atoms with Crippen molar-refractivity contribution >= 4 is 26.2 Å². The predicted molar refractivity (Wildman–Crippen MR) is 75.9 cm³/mol. The van der Waals surface area contributed by atoms with Gasteiger partial charge in [0.15, 0.2) is 0 Å². The molecule has 0 amide bonds. The molecule has 17 heavy (non-hydrogen) atoms. The molecule has 88 valence electrons.